The number of rotatable bonds is 4. The maximum atomic E-state index is 12.7. The van der Waals surface area contributed by atoms with Gasteiger partial charge >= 0.3 is 0 Å². The van der Waals surface area contributed by atoms with Crippen molar-refractivity contribution in [3.63, 3.8) is 0 Å². The maximum Gasteiger partial charge on any atom is 0.243 e. The van der Waals surface area contributed by atoms with E-state index in [1.54, 1.807) is 24.4 Å². The van der Waals surface area contributed by atoms with Gasteiger partial charge in [0.05, 0.1) is 5.52 Å². The molecule has 2 aromatic heterocycles. The van der Waals surface area contributed by atoms with Crippen LogP contribution in [0.5, 0.6) is 0 Å². The van der Waals surface area contributed by atoms with Crippen LogP contribution in [0.4, 0.5) is 0 Å². The number of aromatic nitrogens is 2. The van der Waals surface area contributed by atoms with Gasteiger partial charge in [-0.15, -0.1) is 0 Å². The fourth-order valence-electron chi connectivity index (χ4n) is 2.75. The molecule has 24 heavy (non-hydrogen) atoms. The number of fused-ring (bicyclic) bond motifs is 2. The number of hydrogen-bond donors (Lipinski definition) is 2. The topological polar surface area (TPSA) is 74.8 Å². The van der Waals surface area contributed by atoms with E-state index in [0.717, 1.165) is 21.9 Å². The molecule has 2 N–H and O–H groups in total. The fraction of sp³-hybridized carbons (Fsp3) is 0.0556. The molecule has 120 valence electrons. The lowest BCUT2D eigenvalue weighted by molar-refractivity contribution is 0.582. The smallest absolute Gasteiger partial charge is 0.243 e. The average Bonchev–Trinajstić information content (AvgIpc) is 3.07. The van der Waals surface area contributed by atoms with Gasteiger partial charge in [0, 0.05) is 29.8 Å². The highest BCUT2D eigenvalue weighted by Gasteiger charge is 2.17. The summed E-state index contributed by atoms with van der Waals surface area (Å²) in [5, 5.41) is 1.90. The van der Waals surface area contributed by atoms with Crippen LogP contribution in [0.3, 0.4) is 0 Å². The summed E-state index contributed by atoms with van der Waals surface area (Å²) in [6, 6.07) is 16.6. The molecule has 0 aliphatic rings. The van der Waals surface area contributed by atoms with Gasteiger partial charge in [-0.2, -0.15) is 0 Å². The second-order valence-electron chi connectivity index (χ2n) is 5.56. The van der Waals surface area contributed by atoms with Gasteiger partial charge in [-0.25, -0.2) is 13.1 Å². The molecule has 2 aromatic carbocycles. The third-order valence-corrected chi connectivity index (χ3v) is 5.40. The fourth-order valence-corrected chi connectivity index (χ4v) is 3.95. The number of para-hydroxylation sites is 1. The third-order valence-electron chi connectivity index (χ3n) is 3.97. The number of nitrogens with zero attached hydrogens (tertiary/aromatic N) is 1. The van der Waals surface area contributed by atoms with E-state index in [1.807, 2.05) is 42.6 Å². The lowest BCUT2D eigenvalue weighted by Gasteiger charge is -2.09. The molecule has 4 aromatic rings. The van der Waals surface area contributed by atoms with Crippen molar-refractivity contribution in [3.05, 3.63) is 72.6 Å². The first-order valence-corrected chi connectivity index (χ1v) is 9.01. The Labute approximate surface area is 139 Å². The van der Waals surface area contributed by atoms with E-state index in [-0.39, 0.29) is 11.4 Å². The molecule has 4 rings (SSSR count). The van der Waals surface area contributed by atoms with Crippen LogP contribution in [0.2, 0.25) is 0 Å². The van der Waals surface area contributed by atoms with Crippen LogP contribution in [0.25, 0.3) is 21.8 Å². The summed E-state index contributed by atoms with van der Waals surface area (Å²) >= 11 is 0. The summed E-state index contributed by atoms with van der Waals surface area (Å²) < 4.78 is 28.0. The first-order valence-electron chi connectivity index (χ1n) is 7.53. The van der Waals surface area contributed by atoms with E-state index in [0.29, 0.717) is 5.52 Å². The molecule has 2 heterocycles. The number of nitrogens with one attached hydrogen (secondary N) is 2. The van der Waals surface area contributed by atoms with E-state index in [4.69, 9.17) is 0 Å². The molecule has 0 aliphatic heterocycles. The first-order chi connectivity index (χ1) is 11.6. The van der Waals surface area contributed by atoms with Crippen molar-refractivity contribution in [2.45, 2.75) is 11.4 Å². The van der Waals surface area contributed by atoms with Gasteiger partial charge in [0.15, 0.2) is 0 Å². The van der Waals surface area contributed by atoms with E-state index >= 15 is 0 Å². The summed E-state index contributed by atoms with van der Waals surface area (Å²) in [6.07, 6.45) is 3.46. The minimum atomic E-state index is -3.65. The number of hydrogen-bond acceptors (Lipinski definition) is 3. The molecule has 0 unspecified atom stereocenters. The molecule has 0 fully saturated rings. The summed E-state index contributed by atoms with van der Waals surface area (Å²) in [5.74, 6) is 0. The molecule has 0 spiro atoms. The highest BCUT2D eigenvalue weighted by molar-refractivity contribution is 7.89. The number of pyridine rings is 1. The number of benzene rings is 2. The van der Waals surface area contributed by atoms with Crippen molar-refractivity contribution in [2.24, 2.45) is 0 Å². The quantitative estimate of drug-likeness (QED) is 0.600. The Balaban J connectivity index is 1.65. The van der Waals surface area contributed by atoms with Gasteiger partial charge in [-0.05, 0) is 35.2 Å². The minimum absolute atomic E-state index is 0.196. The highest BCUT2D eigenvalue weighted by Crippen LogP contribution is 2.21. The van der Waals surface area contributed by atoms with Crippen LogP contribution in [0.15, 0.2) is 71.9 Å². The Morgan fingerprint density at radius 3 is 2.79 bits per heavy atom. The Hall–Kier alpha value is -2.70. The zero-order valence-electron chi connectivity index (χ0n) is 12.7. The standard InChI is InChI=1S/C18H15N3O2S/c22-24(23,17-5-1-3-15-4-2-9-20-18(15)17)21-12-13-6-7-14-8-10-19-16(14)11-13/h1-11,19,21H,12H2. The maximum absolute atomic E-state index is 12.7. The van der Waals surface area contributed by atoms with E-state index < -0.39 is 10.0 Å². The molecule has 0 saturated carbocycles. The van der Waals surface area contributed by atoms with Gasteiger partial charge in [-0.3, -0.25) is 4.98 Å². The normalized spacial score (nSPS) is 12.0. The first kappa shape index (κ1) is 14.9. The predicted molar refractivity (Wildman–Crippen MR) is 94.1 cm³/mol. The van der Waals surface area contributed by atoms with Crippen molar-refractivity contribution in [3.8, 4) is 0 Å². The highest BCUT2D eigenvalue weighted by atomic mass is 32.2. The molecule has 5 nitrogen and oxygen atoms in total. The van der Waals surface area contributed by atoms with Crippen LogP contribution in [-0.2, 0) is 16.6 Å². The second-order valence-corrected chi connectivity index (χ2v) is 7.29. The van der Waals surface area contributed by atoms with Gasteiger partial charge in [0.1, 0.15) is 4.90 Å². The second kappa shape index (κ2) is 5.74. The summed E-state index contributed by atoms with van der Waals surface area (Å²) in [4.78, 5) is 7.53. The van der Waals surface area contributed by atoms with Gasteiger partial charge in [0.2, 0.25) is 10.0 Å². The van der Waals surface area contributed by atoms with Crippen molar-refractivity contribution >= 4 is 31.8 Å². The molecule has 0 radical (unpaired) electrons. The molecular weight excluding hydrogens is 322 g/mol. The number of H-pyrrole nitrogens is 1. The number of sulfonamides is 1. The zero-order valence-corrected chi connectivity index (χ0v) is 13.5. The van der Waals surface area contributed by atoms with Gasteiger partial charge < -0.3 is 4.98 Å². The summed E-state index contributed by atoms with van der Waals surface area (Å²) in [5.41, 5.74) is 2.35. The molecule has 0 atom stereocenters. The lowest BCUT2D eigenvalue weighted by atomic mass is 10.2. The van der Waals surface area contributed by atoms with Gasteiger partial charge in [-0.1, -0.05) is 30.3 Å². The van der Waals surface area contributed by atoms with E-state index in [2.05, 4.69) is 14.7 Å². The van der Waals surface area contributed by atoms with Crippen LogP contribution >= 0.6 is 0 Å². The van der Waals surface area contributed by atoms with Crippen molar-refractivity contribution in [2.75, 3.05) is 0 Å². The zero-order chi connectivity index (χ0) is 16.6. The van der Waals surface area contributed by atoms with Crippen molar-refractivity contribution in [1.29, 1.82) is 0 Å². The lowest BCUT2D eigenvalue weighted by Crippen LogP contribution is -2.23. The summed E-state index contributed by atoms with van der Waals surface area (Å²) in [7, 11) is -3.65. The summed E-state index contributed by atoms with van der Waals surface area (Å²) in [6.45, 7) is 0.223. The van der Waals surface area contributed by atoms with Crippen LogP contribution in [0.1, 0.15) is 5.56 Å². The Kier molecular flexibility index (Phi) is 3.55. The SMILES string of the molecule is O=S(=O)(NCc1ccc2cc[nH]c2c1)c1cccc2cccnc12. The Morgan fingerprint density at radius 1 is 1.00 bits per heavy atom. The van der Waals surface area contributed by atoms with Crippen molar-refractivity contribution < 1.29 is 8.42 Å². The van der Waals surface area contributed by atoms with Gasteiger partial charge in [0.25, 0.3) is 0 Å². The van der Waals surface area contributed by atoms with E-state index in [1.165, 1.54) is 0 Å². The predicted octanol–water partition coefficient (Wildman–Crippen LogP) is 3.19. The van der Waals surface area contributed by atoms with Crippen LogP contribution in [0, 0.1) is 0 Å². The third kappa shape index (κ3) is 2.66. The molecule has 0 amide bonds. The Morgan fingerprint density at radius 2 is 1.88 bits per heavy atom. The average molecular weight is 337 g/mol. The monoisotopic (exact) mass is 337 g/mol. The molecular formula is C18H15N3O2S. The molecule has 0 aliphatic carbocycles. The largest absolute Gasteiger partial charge is 0.361 e. The van der Waals surface area contributed by atoms with Crippen LogP contribution in [-0.4, -0.2) is 18.4 Å². The molecule has 0 bridgehead atoms. The van der Waals surface area contributed by atoms with E-state index in [9.17, 15) is 8.42 Å². The molecule has 0 saturated heterocycles. The van der Waals surface area contributed by atoms with Crippen LogP contribution < -0.4 is 4.72 Å². The number of aromatic amines is 1. The minimum Gasteiger partial charge on any atom is -0.361 e. The Bertz CT molecular complexity index is 1130. The van der Waals surface area contributed by atoms with Crippen molar-refractivity contribution in [1.82, 2.24) is 14.7 Å². The molecule has 6 heteroatoms.